The predicted octanol–water partition coefficient (Wildman–Crippen LogP) is 4.90. The maximum Gasteiger partial charge on any atom is 0.317 e. The van der Waals surface area contributed by atoms with Crippen molar-refractivity contribution >= 4 is 6.03 Å². The van der Waals surface area contributed by atoms with Crippen LogP contribution >= 0.6 is 0 Å². The SMILES string of the molecule is COC(O)(CCCCC1CCCN(C(=O)NC(CN)CC2CCCCC2)C1)c1cccc(F)c1. The van der Waals surface area contributed by atoms with E-state index in [0.717, 1.165) is 51.6 Å². The minimum absolute atomic E-state index is 0.0239. The van der Waals surface area contributed by atoms with E-state index in [4.69, 9.17) is 10.5 Å². The average molecular weight is 478 g/mol. The number of hydrogen-bond acceptors (Lipinski definition) is 4. The Bertz CT molecular complexity index is 758. The fourth-order valence-electron chi connectivity index (χ4n) is 5.68. The number of amides is 2. The molecular weight excluding hydrogens is 433 g/mol. The Morgan fingerprint density at radius 3 is 2.71 bits per heavy atom. The molecule has 0 spiro atoms. The van der Waals surface area contributed by atoms with Crippen LogP contribution in [0.3, 0.4) is 0 Å². The third-order valence-electron chi connectivity index (χ3n) is 7.75. The first-order valence-electron chi connectivity index (χ1n) is 13.2. The van der Waals surface area contributed by atoms with Gasteiger partial charge >= 0.3 is 6.03 Å². The zero-order chi connectivity index (χ0) is 24.4. The number of methoxy groups -OCH3 is 1. The van der Waals surface area contributed by atoms with Crippen molar-refractivity contribution in [3.63, 3.8) is 0 Å². The Labute approximate surface area is 204 Å². The summed E-state index contributed by atoms with van der Waals surface area (Å²) in [6.45, 7) is 2.06. The van der Waals surface area contributed by atoms with Crippen molar-refractivity contribution in [3.05, 3.63) is 35.6 Å². The van der Waals surface area contributed by atoms with E-state index in [0.29, 0.717) is 30.4 Å². The zero-order valence-corrected chi connectivity index (χ0v) is 20.8. The highest BCUT2D eigenvalue weighted by atomic mass is 19.1. The number of carbonyl (C=O) groups excluding carboxylic acids is 1. The van der Waals surface area contributed by atoms with Gasteiger partial charge in [-0.15, -0.1) is 0 Å². The standard InChI is InChI=1S/C27H44FN3O3/c1-34-27(33,23-13-7-14-24(28)18-23)15-6-5-11-22-12-8-16-31(20-22)26(32)30-25(19-29)17-21-9-3-2-4-10-21/h7,13-14,18,21-22,25,33H,2-6,8-12,15-17,19-20,29H2,1H3,(H,30,32). The summed E-state index contributed by atoms with van der Waals surface area (Å²) in [5.41, 5.74) is 6.43. The van der Waals surface area contributed by atoms with Crippen LogP contribution in [0.2, 0.25) is 0 Å². The number of unbranched alkanes of at least 4 members (excludes halogenated alkanes) is 1. The second kappa shape index (κ2) is 13.4. The first kappa shape index (κ1) is 26.9. The zero-order valence-electron chi connectivity index (χ0n) is 20.8. The molecule has 34 heavy (non-hydrogen) atoms. The molecule has 1 aromatic carbocycles. The average Bonchev–Trinajstić information content (AvgIpc) is 2.87. The van der Waals surface area contributed by atoms with Crippen LogP contribution in [0.25, 0.3) is 0 Å². The van der Waals surface area contributed by atoms with Gasteiger partial charge in [0.05, 0.1) is 0 Å². The lowest BCUT2D eigenvalue weighted by molar-refractivity contribution is -0.199. The molecule has 1 saturated heterocycles. The highest BCUT2D eigenvalue weighted by Crippen LogP contribution is 2.30. The normalized spacial score (nSPS) is 22.2. The van der Waals surface area contributed by atoms with Crippen LogP contribution in [-0.4, -0.2) is 48.8 Å². The van der Waals surface area contributed by atoms with Gasteiger partial charge in [-0.1, -0.05) is 50.7 Å². The molecule has 192 valence electrons. The van der Waals surface area contributed by atoms with Gasteiger partial charge in [0.25, 0.3) is 0 Å². The van der Waals surface area contributed by atoms with E-state index in [1.807, 2.05) is 4.90 Å². The predicted molar refractivity (Wildman–Crippen MR) is 133 cm³/mol. The summed E-state index contributed by atoms with van der Waals surface area (Å²) >= 11 is 0. The summed E-state index contributed by atoms with van der Waals surface area (Å²) in [6, 6.07) is 6.04. The van der Waals surface area contributed by atoms with Gasteiger partial charge in [0.15, 0.2) is 5.79 Å². The van der Waals surface area contributed by atoms with Gasteiger partial charge in [0, 0.05) is 44.8 Å². The maximum atomic E-state index is 13.6. The van der Waals surface area contributed by atoms with Gasteiger partial charge < -0.3 is 25.8 Å². The molecule has 4 N–H and O–H groups in total. The van der Waals surface area contributed by atoms with Gasteiger partial charge in [-0.3, -0.25) is 0 Å². The Morgan fingerprint density at radius 1 is 1.24 bits per heavy atom. The number of rotatable bonds is 11. The van der Waals surface area contributed by atoms with Crippen LogP contribution in [0.5, 0.6) is 0 Å². The summed E-state index contributed by atoms with van der Waals surface area (Å²) in [4.78, 5) is 14.9. The third-order valence-corrected chi connectivity index (χ3v) is 7.75. The van der Waals surface area contributed by atoms with E-state index in [1.54, 1.807) is 12.1 Å². The summed E-state index contributed by atoms with van der Waals surface area (Å²) < 4.78 is 18.9. The topological polar surface area (TPSA) is 87.8 Å². The van der Waals surface area contributed by atoms with Crippen molar-refractivity contribution in [1.29, 1.82) is 0 Å². The van der Waals surface area contributed by atoms with E-state index in [1.165, 1.54) is 51.3 Å². The molecule has 3 unspecified atom stereocenters. The van der Waals surface area contributed by atoms with Crippen molar-refractivity contribution in [2.75, 3.05) is 26.7 Å². The molecule has 0 bridgehead atoms. The van der Waals surface area contributed by atoms with Gasteiger partial charge in [0.2, 0.25) is 0 Å². The van der Waals surface area contributed by atoms with Crippen LogP contribution in [0.15, 0.2) is 24.3 Å². The maximum absolute atomic E-state index is 13.6. The number of urea groups is 1. The number of nitrogens with one attached hydrogen (secondary N) is 1. The number of nitrogens with zero attached hydrogens (tertiary/aromatic N) is 1. The van der Waals surface area contributed by atoms with Crippen molar-refractivity contribution < 1.29 is 19.0 Å². The van der Waals surface area contributed by atoms with Crippen LogP contribution in [-0.2, 0) is 10.5 Å². The lowest BCUT2D eigenvalue weighted by Gasteiger charge is -2.35. The largest absolute Gasteiger partial charge is 0.362 e. The summed E-state index contributed by atoms with van der Waals surface area (Å²) in [5.74, 6) is -0.714. The van der Waals surface area contributed by atoms with E-state index in [9.17, 15) is 14.3 Å². The number of aliphatic hydroxyl groups is 1. The smallest absolute Gasteiger partial charge is 0.317 e. The number of carbonyl (C=O) groups is 1. The fourth-order valence-corrected chi connectivity index (χ4v) is 5.68. The monoisotopic (exact) mass is 477 g/mol. The molecule has 2 fully saturated rings. The molecule has 6 nitrogen and oxygen atoms in total. The molecule has 3 rings (SSSR count). The third kappa shape index (κ3) is 7.92. The first-order valence-corrected chi connectivity index (χ1v) is 13.2. The fraction of sp³-hybridized carbons (Fsp3) is 0.741. The van der Waals surface area contributed by atoms with Gasteiger partial charge in [-0.2, -0.15) is 0 Å². The molecule has 1 heterocycles. The second-order valence-electron chi connectivity index (χ2n) is 10.3. The van der Waals surface area contributed by atoms with E-state index >= 15 is 0 Å². The van der Waals surface area contributed by atoms with Crippen molar-refractivity contribution in [1.82, 2.24) is 10.2 Å². The molecule has 1 aliphatic carbocycles. The van der Waals surface area contributed by atoms with Gasteiger partial charge in [0.1, 0.15) is 5.82 Å². The Morgan fingerprint density at radius 2 is 2.00 bits per heavy atom. The van der Waals surface area contributed by atoms with Crippen LogP contribution in [0.1, 0.15) is 82.6 Å². The summed E-state index contributed by atoms with van der Waals surface area (Å²) in [6.07, 6.45) is 12.7. The van der Waals surface area contributed by atoms with E-state index in [-0.39, 0.29) is 17.9 Å². The van der Waals surface area contributed by atoms with E-state index < -0.39 is 5.79 Å². The summed E-state index contributed by atoms with van der Waals surface area (Å²) in [5, 5.41) is 14.0. The molecule has 2 aliphatic rings. The molecule has 0 radical (unpaired) electrons. The molecular formula is C27H44FN3O3. The number of hydrogen-bond donors (Lipinski definition) is 3. The summed E-state index contributed by atoms with van der Waals surface area (Å²) in [7, 11) is 1.45. The first-order chi connectivity index (χ1) is 16.4. The quantitative estimate of drug-likeness (QED) is 0.313. The highest BCUT2D eigenvalue weighted by Gasteiger charge is 2.30. The highest BCUT2D eigenvalue weighted by molar-refractivity contribution is 5.74. The molecule has 1 aliphatic heterocycles. The van der Waals surface area contributed by atoms with Crippen LogP contribution in [0, 0.1) is 17.7 Å². The number of ether oxygens (including phenoxy) is 1. The minimum atomic E-state index is -1.48. The Balaban J connectivity index is 1.41. The van der Waals surface area contributed by atoms with Crippen LogP contribution in [0.4, 0.5) is 9.18 Å². The molecule has 1 aromatic rings. The second-order valence-corrected chi connectivity index (χ2v) is 10.3. The number of nitrogens with two attached hydrogens (primary N) is 1. The van der Waals surface area contributed by atoms with E-state index in [2.05, 4.69) is 5.32 Å². The number of likely N-dealkylation sites (tertiary alicyclic amines) is 1. The number of piperidine rings is 1. The van der Waals surface area contributed by atoms with Gasteiger partial charge in [-0.25, -0.2) is 9.18 Å². The van der Waals surface area contributed by atoms with Crippen molar-refractivity contribution in [2.24, 2.45) is 17.6 Å². The Kier molecular flexibility index (Phi) is 10.6. The van der Waals surface area contributed by atoms with Gasteiger partial charge in [-0.05, 0) is 56.1 Å². The van der Waals surface area contributed by atoms with Crippen molar-refractivity contribution in [3.8, 4) is 0 Å². The minimum Gasteiger partial charge on any atom is -0.362 e. The lowest BCUT2D eigenvalue weighted by atomic mass is 9.85. The van der Waals surface area contributed by atoms with Crippen LogP contribution < -0.4 is 11.1 Å². The lowest BCUT2D eigenvalue weighted by Crippen LogP contribution is -2.51. The Hall–Kier alpha value is -1.70. The number of halogens is 1. The van der Waals surface area contributed by atoms with Crippen molar-refractivity contribution in [2.45, 2.75) is 88.9 Å². The molecule has 2 amide bonds. The molecule has 0 aromatic heterocycles. The molecule has 1 saturated carbocycles. The molecule has 3 atom stereocenters. The number of benzene rings is 1. The molecule has 7 heteroatoms.